The summed E-state index contributed by atoms with van der Waals surface area (Å²) in [6, 6.07) is 8.88. The number of nitrogens with zero attached hydrogens (tertiary/aromatic N) is 2. The van der Waals surface area contributed by atoms with Gasteiger partial charge in [-0.25, -0.2) is 4.39 Å². The van der Waals surface area contributed by atoms with Crippen LogP contribution in [0.4, 0.5) is 4.39 Å². The van der Waals surface area contributed by atoms with Crippen molar-refractivity contribution >= 4 is 17.2 Å². The van der Waals surface area contributed by atoms with Crippen LogP contribution in [0, 0.1) is 11.7 Å². The van der Waals surface area contributed by atoms with Crippen molar-refractivity contribution in [3.05, 3.63) is 57.5 Å². The summed E-state index contributed by atoms with van der Waals surface area (Å²) in [6.07, 6.45) is 2.85. The van der Waals surface area contributed by atoms with E-state index in [0.717, 1.165) is 57.5 Å². The third kappa shape index (κ3) is 3.77. The van der Waals surface area contributed by atoms with Crippen molar-refractivity contribution in [2.24, 2.45) is 5.92 Å². The maximum atomic E-state index is 13.0. The Kier molecular flexibility index (Phi) is 4.86. The summed E-state index contributed by atoms with van der Waals surface area (Å²) < 4.78 is 13.0. The fraction of sp³-hybridized carbons (Fsp3) is 0.450. The highest BCUT2D eigenvalue weighted by Gasteiger charge is 2.30. The second-order valence-electron chi connectivity index (χ2n) is 7.06. The monoisotopic (exact) mass is 358 g/mol. The molecule has 0 radical (unpaired) electrons. The number of fused-ring (bicyclic) bond motifs is 1. The lowest BCUT2D eigenvalue weighted by Crippen LogP contribution is -2.43. The SMILES string of the molecule is O=C(C1CCN(Cc2ccc(F)cc2)CC1)N1CCc2sccc2C1. The zero-order chi connectivity index (χ0) is 17.2. The van der Waals surface area contributed by atoms with Crippen molar-refractivity contribution in [2.75, 3.05) is 19.6 Å². The van der Waals surface area contributed by atoms with Crippen LogP contribution in [0.1, 0.15) is 28.8 Å². The average Bonchev–Trinajstić information content (AvgIpc) is 3.11. The van der Waals surface area contributed by atoms with Crippen molar-refractivity contribution in [1.29, 1.82) is 0 Å². The molecule has 132 valence electrons. The Morgan fingerprint density at radius 2 is 1.88 bits per heavy atom. The van der Waals surface area contributed by atoms with Gasteiger partial charge in [0.25, 0.3) is 0 Å². The fourth-order valence-electron chi connectivity index (χ4n) is 3.88. The van der Waals surface area contributed by atoms with Crippen LogP contribution in [0.25, 0.3) is 0 Å². The molecule has 1 fully saturated rings. The summed E-state index contributed by atoms with van der Waals surface area (Å²) >= 11 is 1.81. The lowest BCUT2D eigenvalue weighted by molar-refractivity contribution is -0.138. The van der Waals surface area contributed by atoms with Crippen molar-refractivity contribution in [1.82, 2.24) is 9.80 Å². The molecule has 0 unspecified atom stereocenters. The van der Waals surface area contributed by atoms with E-state index in [0.29, 0.717) is 5.91 Å². The van der Waals surface area contributed by atoms with Crippen LogP contribution in [0.15, 0.2) is 35.7 Å². The number of thiophene rings is 1. The molecule has 3 nitrogen and oxygen atoms in total. The molecule has 1 aromatic heterocycles. The molecule has 1 saturated heterocycles. The standard InChI is InChI=1S/C20H23FN2OS/c21-18-3-1-15(2-4-18)13-22-9-5-16(6-10-22)20(24)23-11-7-19-17(14-23)8-12-25-19/h1-4,8,12,16H,5-7,9-11,13-14H2. The highest BCUT2D eigenvalue weighted by atomic mass is 32.1. The molecule has 4 rings (SSSR count). The van der Waals surface area contributed by atoms with Gasteiger partial charge in [-0.05, 0) is 67.1 Å². The second kappa shape index (κ2) is 7.26. The summed E-state index contributed by atoms with van der Waals surface area (Å²) in [7, 11) is 0. The van der Waals surface area contributed by atoms with E-state index >= 15 is 0 Å². The minimum atomic E-state index is -0.191. The van der Waals surface area contributed by atoms with Gasteiger partial charge in [0.1, 0.15) is 5.82 Å². The Labute approximate surface area is 152 Å². The predicted molar refractivity (Wildman–Crippen MR) is 97.8 cm³/mol. The Balaban J connectivity index is 1.30. The van der Waals surface area contributed by atoms with Crippen molar-refractivity contribution in [3.8, 4) is 0 Å². The fourth-order valence-corrected chi connectivity index (χ4v) is 4.77. The number of piperidine rings is 1. The van der Waals surface area contributed by atoms with E-state index in [4.69, 9.17) is 0 Å². The van der Waals surface area contributed by atoms with Crippen LogP contribution < -0.4 is 0 Å². The number of carbonyl (C=O) groups excluding carboxylic acids is 1. The summed E-state index contributed by atoms with van der Waals surface area (Å²) in [5.74, 6) is 0.298. The first-order valence-electron chi connectivity index (χ1n) is 9.00. The molecule has 0 bridgehead atoms. The van der Waals surface area contributed by atoms with Crippen LogP contribution in [0.3, 0.4) is 0 Å². The summed E-state index contributed by atoms with van der Waals surface area (Å²) in [4.78, 5) is 18.7. The minimum absolute atomic E-state index is 0.157. The molecule has 25 heavy (non-hydrogen) atoms. The van der Waals surface area contributed by atoms with Gasteiger partial charge >= 0.3 is 0 Å². The average molecular weight is 358 g/mol. The van der Waals surface area contributed by atoms with Gasteiger partial charge < -0.3 is 4.90 Å². The quantitative estimate of drug-likeness (QED) is 0.836. The van der Waals surface area contributed by atoms with E-state index in [1.54, 1.807) is 0 Å². The minimum Gasteiger partial charge on any atom is -0.338 e. The summed E-state index contributed by atoms with van der Waals surface area (Å²) in [5, 5.41) is 2.13. The molecule has 0 N–H and O–H groups in total. The largest absolute Gasteiger partial charge is 0.338 e. The van der Waals surface area contributed by atoms with Gasteiger partial charge in [0.2, 0.25) is 5.91 Å². The Bertz CT molecular complexity index is 734. The zero-order valence-corrected chi connectivity index (χ0v) is 15.1. The lowest BCUT2D eigenvalue weighted by atomic mass is 9.94. The first kappa shape index (κ1) is 16.7. The van der Waals surface area contributed by atoms with Gasteiger partial charge in [0.05, 0.1) is 0 Å². The number of likely N-dealkylation sites (tertiary alicyclic amines) is 1. The molecular formula is C20H23FN2OS. The van der Waals surface area contributed by atoms with Crippen LogP contribution in [-0.2, 0) is 24.3 Å². The molecule has 0 aliphatic carbocycles. The molecule has 0 atom stereocenters. The molecule has 5 heteroatoms. The first-order chi connectivity index (χ1) is 12.2. The van der Waals surface area contributed by atoms with Gasteiger partial charge in [0.15, 0.2) is 0 Å². The molecule has 1 aromatic carbocycles. The first-order valence-corrected chi connectivity index (χ1v) is 9.88. The zero-order valence-electron chi connectivity index (χ0n) is 14.3. The molecule has 0 spiro atoms. The van der Waals surface area contributed by atoms with E-state index in [9.17, 15) is 9.18 Å². The second-order valence-corrected chi connectivity index (χ2v) is 8.06. The lowest BCUT2D eigenvalue weighted by Gasteiger charge is -2.35. The number of amides is 1. The van der Waals surface area contributed by atoms with Crippen LogP contribution in [0.2, 0.25) is 0 Å². The Morgan fingerprint density at radius 1 is 1.12 bits per heavy atom. The van der Waals surface area contributed by atoms with E-state index < -0.39 is 0 Å². The van der Waals surface area contributed by atoms with E-state index in [1.807, 2.05) is 23.5 Å². The van der Waals surface area contributed by atoms with Gasteiger partial charge in [-0.15, -0.1) is 11.3 Å². The van der Waals surface area contributed by atoms with Crippen LogP contribution in [0.5, 0.6) is 0 Å². The molecule has 2 aromatic rings. The Morgan fingerprint density at radius 3 is 2.64 bits per heavy atom. The number of benzene rings is 1. The maximum absolute atomic E-state index is 13.0. The predicted octanol–water partition coefficient (Wildman–Crippen LogP) is 3.68. The molecule has 2 aliphatic rings. The molecular weight excluding hydrogens is 335 g/mol. The van der Waals surface area contributed by atoms with Gasteiger partial charge in [-0.3, -0.25) is 9.69 Å². The van der Waals surface area contributed by atoms with E-state index in [2.05, 4.69) is 21.2 Å². The Hall–Kier alpha value is -1.72. The maximum Gasteiger partial charge on any atom is 0.226 e. The van der Waals surface area contributed by atoms with E-state index in [-0.39, 0.29) is 11.7 Å². The van der Waals surface area contributed by atoms with Crippen LogP contribution >= 0.6 is 11.3 Å². The molecule has 2 aliphatic heterocycles. The number of carbonyl (C=O) groups is 1. The van der Waals surface area contributed by atoms with Crippen molar-refractivity contribution in [3.63, 3.8) is 0 Å². The van der Waals surface area contributed by atoms with Crippen molar-refractivity contribution < 1.29 is 9.18 Å². The van der Waals surface area contributed by atoms with Gasteiger partial charge in [0, 0.05) is 30.4 Å². The number of hydrogen-bond donors (Lipinski definition) is 0. The topological polar surface area (TPSA) is 23.6 Å². The van der Waals surface area contributed by atoms with Crippen LogP contribution in [-0.4, -0.2) is 35.3 Å². The number of rotatable bonds is 3. The van der Waals surface area contributed by atoms with E-state index in [1.165, 1.54) is 22.6 Å². The van der Waals surface area contributed by atoms with Crippen molar-refractivity contribution in [2.45, 2.75) is 32.4 Å². The highest BCUT2D eigenvalue weighted by molar-refractivity contribution is 7.10. The summed E-state index contributed by atoms with van der Waals surface area (Å²) in [6.45, 7) is 4.36. The number of hydrogen-bond acceptors (Lipinski definition) is 3. The molecule has 3 heterocycles. The number of halogens is 1. The third-order valence-electron chi connectivity index (χ3n) is 5.38. The normalized spacial score (nSPS) is 19.0. The molecule has 1 amide bonds. The summed E-state index contributed by atoms with van der Waals surface area (Å²) in [5.41, 5.74) is 2.46. The third-order valence-corrected chi connectivity index (χ3v) is 6.40. The molecule has 0 saturated carbocycles. The highest BCUT2D eigenvalue weighted by Crippen LogP contribution is 2.27. The smallest absolute Gasteiger partial charge is 0.226 e. The van der Waals surface area contributed by atoms with Gasteiger partial charge in [-0.2, -0.15) is 0 Å². The van der Waals surface area contributed by atoms with Gasteiger partial charge in [-0.1, -0.05) is 12.1 Å².